The predicted octanol–water partition coefficient (Wildman–Crippen LogP) is 2.58. The van der Waals surface area contributed by atoms with Gasteiger partial charge >= 0.3 is 0 Å². The van der Waals surface area contributed by atoms with Crippen molar-refractivity contribution in [3.8, 4) is 0 Å². The third-order valence-corrected chi connectivity index (χ3v) is 3.57. The van der Waals surface area contributed by atoms with E-state index in [1.165, 1.54) is 16.7 Å². The van der Waals surface area contributed by atoms with Crippen LogP contribution in [0.15, 0.2) is 54.6 Å². The molecule has 0 fully saturated rings. The Morgan fingerprint density at radius 3 is 2.24 bits per heavy atom. The average Bonchev–Trinajstić information content (AvgIpc) is 2.39. The second-order valence-corrected chi connectivity index (χ2v) is 4.80. The molecule has 1 nitrogen and oxygen atoms in total. The number of hydrogen-bond donors (Lipinski definition) is 0. The summed E-state index contributed by atoms with van der Waals surface area (Å²) >= 11 is 0. The molecular formula is C15H18OSi. The van der Waals surface area contributed by atoms with Crippen molar-refractivity contribution in [2.24, 2.45) is 0 Å². The molecule has 0 amide bonds. The van der Waals surface area contributed by atoms with Gasteiger partial charge in [-0.3, -0.25) is 0 Å². The molecule has 0 heterocycles. The van der Waals surface area contributed by atoms with Gasteiger partial charge in [-0.15, -0.1) is 0 Å². The van der Waals surface area contributed by atoms with Crippen LogP contribution in [-0.2, 0) is 10.8 Å². The molecule has 2 aromatic rings. The lowest BCUT2D eigenvalue weighted by atomic mass is 10.0. The van der Waals surface area contributed by atoms with Gasteiger partial charge in [-0.2, -0.15) is 0 Å². The zero-order valence-corrected chi connectivity index (χ0v) is 12.4. The standard InChI is InChI=1S/C15H18OSi/c1-12-7-9-13(10-8-12)11-15(16-17)14-5-3-2-4-6-14/h2-10,15H,11H2,1,17H3. The quantitative estimate of drug-likeness (QED) is 0.749. The van der Waals surface area contributed by atoms with E-state index in [-0.39, 0.29) is 6.10 Å². The van der Waals surface area contributed by atoms with E-state index in [4.69, 9.17) is 4.43 Å². The molecule has 0 bridgehead atoms. The van der Waals surface area contributed by atoms with E-state index < -0.39 is 0 Å². The van der Waals surface area contributed by atoms with Crippen molar-refractivity contribution < 1.29 is 4.43 Å². The Kier molecular flexibility index (Phi) is 4.12. The van der Waals surface area contributed by atoms with E-state index in [1.807, 2.05) is 6.07 Å². The number of aryl methyl sites for hydroxylation is 1. The highest BCUT2D eigenvalue weighted by Gasteiger charge is 2.09. The van der Waals surface area contributed by atoms with E-state index in [0.717, 1.165) is 16.9 Å². The Bertz CT molecular complexity index is 450. The smallest absolute Gasteiger partial charge is 0.146 e. The summed E-state index contributed by atoms with van der Waals surface area (Å²) in [4.78, 5) is 0. The first-order chi connectivity index (χ1) is 8.29. The maximum absolute atomic E-state index is 5.71. The summed E-state index contributed by atoms with van der Waals surface area (Å²) in [5, 5.41) is 0. The predicted molar refractivity (Wildman–Crippen MR) is 75.1 cm³/mol. The first-order valence-electron chi connectivity index (χ1n) is 5.93. The summed E-state index contributed by atoms with van der Waals surface area (Å²) < 4.78 is 5.71. The lowest BCUT2D eigenvalue weighted by Gasteiger charge is -2.16. The minimum Gasteiger partial charge on any atom is -0.421 e. The molecule has 0 saturated carbocycles. The van der Waals surface area contributed by atoms with Gasteiger partial charge in [-0.25, -0.2) is 0 Å². The molecule has 2 heteroatoms. The van der Waals surface area contributed by atoms with E-state index >= 15 is 0 Å². The second-order valence-electron chi connectivity index (χ2n) is 4.32. The topological polar surface area (TPSA) is 9.23 Å². The number of benzene rings is 2. The molecule has 2 rings (SSSR count). The minimum absolute atomic E-state index is 0.200. The van der Waals surface area contributed by atoms with Crippen LogP contribution in [0.25, 0.3) is 0 Å². The van der Waals surface area contributed by atoms with Gasteiger partial charge in [-0.05, 0) is 18.1 Å². The summed E-state index contributed by atoms with van der Waals surface area (Å²) in [6.07, 6.45) is 1.15. The highest BCUT2D eigenvalue weighted by Crippen LogP contribution is 2.21. The molecule has 88 valence electrons. The van der Waals surface area contributed by atoms with Crippen LogP contribution in [0, 0.1) is 6.92 Å². The fourth-order valence-electron chi connectivity index (χ4n) is 1.94. The zero-order chi connectivity index (χ0) is 12.1. The van der Waals surface area contributed by atoms with Crippen LogP contribution in [0.4, 0.5) is 0 Å². The first kappa shape index (κ1) is 12.1. The zero-order valence-electron chi connectivity index (χ0n) is 10.4. The molecule has 0 N–H and O–H groups in total. The van der Waals surface area contributed by atoms with Gasteiger partial charge < -0.3 is 4.43 Å². The van der Waals surface area contributed by atoms with E-state index in [9.17, 15) is 0 Å². The third kappa shape index (κ3) is 3.28. The van der Waals surface area contributed by atoms with Crippen molar-refractivity contribution in [1.29, 1.82) is 0 Å². The number of rotatable bonds is 4. The van der Waals surface area contributed by atoms with Crippen molar-refractivity contribution in [3.63, 3.8) is 0 Å². The second kappa shape index (κ2) is 5.80. The lowest BCUT2D eigenvalue weighted by molar-refractivity contribution is 0.227. The van der Waals surface area contributed by atoms with Crippen LogP contribution in [0.3, 0.4) is 0 Å². The maximum atomic E-state index is 5.71. The molecule has 1 unspecified atom stereocenters. The summed E-state index contributed by atoms with van der Waals surface area (Å²) in [5.74, 6) is 0. The Hall–Kier alpha value is -1.38. The molecule has 0 saturated heterocycles. The van der Waals surface area contributed by atoms with Gasteiger partial charge in [0.1, 0.15) is 10.5 Å². The molecule has 2 aromatic carbocycles. The molecule has 0 aliphatic carbocycles. The summed E-state index contributed by atoms with van der Waals surface area (Å²) in [6.45, 7) is 2.11. The Balaban J connectivity index is 2.13. The molecule has 0 aliphatic rings. The van der Waals surface area contributed by atoms with Crippen LogP contribution in [-0.4, -0.2) is 10.5 Å². The van der Waals surface area contributed by atoms with Crippen LogP contribution in [0.2, 0.25) is 0 Å². The van der Waals surface area contributed by atoms with Crippen LogP contribution < -0.4 is 0 Å². The SMILES string of the molecule is Cc1ccc(CC(O[SiH3])c2ccccc2)cc1. The molecule has 17 heavy (non-hydrogen) atoms. The van der Waals surface area contributed by atoms with Crippen molar-refractivity contribution in [2.45, 2.75) is 19.4 Å². The fourth-order valence-corrected chi connectivity index (χ4v) is 2.38. The van der Waals surface area contributed by atoms with Gasteiger partial charge in [-0.1, -0.05) is 60.2 Å². The first-order valence-corrected chi connectivity index (χ1v) is 6.74. The van der Waals surface area contributed by atoms with Crippen molar-refractivity contribution in [2.75, 3.05) is 0 Å². The molecule has 0 radical (unpaired) electrons. The highest BCUT2D eigenvalue weighted by atomic mass is 28.2. The Morgan fingerprint density at radius 2 is 1.65 bits per heavy atom. The van der Waals surface area contributed by atoms with Crippen LogP contribution >= 0.6 is 0 Å². The van der Waals surface area contributed by atoms with Gasteiger partial charge in [0.05, 0.1) is 6.10 Å². The van der Waals surface area contributed by atoms with E-state index in [2.05, 4.69) is 55.5 Å². The normalized spacial score (nSPS) is 12.5. The average molecular weight is 242 g/mol. The minimum atomic E-state index is 0.200. The van der Waals surface area contributed by atoms with Crippen molar-refractivity contribution >= 4 is 10.5 Å². The fraction of sp³-hybridized carbons (Fsp3) is 0.200. The highest BCUT2D eigenvalue weighted by molar-refractivity contribution is 5.98. The summed E-state index contributed by atoms with van der Waals surface area (Å²) in [6, 6.07) is 19.1. The van der Waals surface area contributed by atoms with Crippen LogP contribution in [0.1, 0.15) is 22.8 Å². The van der Waals surface area contributed by atoms with Crippen molar-refractivity contribution in [3.05, 3.63) is 71.3 Å². The third-order valence-electron chi connectivity index (χ3n) is 3.00. The molecular weight excluding hydrogens is 224 g/mol. The van der Waals surface area contributed by atoms with Gasteiger partial charge in [0, 0.05) is 6.42 Å². The largest absolute Gasteiger partial charge is 0.421 e. The maximum Gasteiger partial charge on any atom is 0.146 e. The summed E-state index contributed by atoms with van der Waals surface area (Å²) in [5.41, 5.74) is 3.90. The van der Waals surface area contributed by atoms with E-state index in [0.29, 0.717) is 0 Å². The molecule has 1 atom stereocenters. The number of hydrogen-bond acceptors (Lipinski definition) is 1. The van der Waals surface area contributed by atoms with E-state index in [1.54, 1.807) is 0 Å². The Morgan fingerprint density at radius 1 is 1.00 bits per heavy atom. The van der Waals surface area contributed by atoms with Gasteiger partial charge in [0.2, 0.25) is 0 Å². The van der Waals surface area contributed by atoms with Crippen LogP contribution in [0.5, 0.6) is 0 Å². The Labute approximate surface area is 106 Å². The van der Waals surface area contributed by atoms with Gasteiger partial charge in [0.25, 0.3) is 0 Å². The molecule has 0 spiro atoms. The van der Waals surface area contributed by atoms with Gasteiger partial charge in [0.15, 0.2) is 0 Å². The molecule has 0 aromatic heterocycles. The van der Waals surface area contributed by atoms with Crippen molar-refractivity contribution in [1.82, 2.24) is 0 Å². The summed E-state index contributed by atoms with van der Waals surface area (Å²) in [7, 11) is 0.766. The lowest BCUT2D eigenvalue weighted by Crippen LogP contribution is -2.05. The molecule has 0 aliphatic heterocycles. The monoisotopic (exact) mass is 242 g/mol.